The van der Waals surface area contributed by atoms with Gasteiger partial charge in [-0.3, -0.25) is 4.79 Å². The number of rotatable bonds is 5. The summed E-state index contributed by atoms with van der Waals surface area (Å²) in [5, 5.41) is 8.83. The molecule has 0 aliphatic carbocycles. The van der Waals surface area contributed by atoms with E-state index in [-0.39, 0.29) is 17.9 Å². The number of nitrogens with two attached hydrogens (primary N) is 1. The summed E-state index contributed by atoms with van der Waals surface area (Å²) < 4.78 is 0. The SMILES string of the molecule is Cc1ccc(C(N)CC(C)(C)CC(=O)O)cc1. The number of carboxylic acid groups (broad SMARTS) is 1. The van der Waals surface area contributed by atoms with Gasteiger partial charge in [-0.15, -0.1) is 0 Å². The predicted molar refractivity (Wildman–Crippen MR) is 68.8 cm³/mol. The molecule has 0 aliphatic heterocycles. The Morgan fingerprint density at radius 1 is 1.35 bits per heavy atom. The van der Waals surface area contributed by atoms with E-state index in [1.807, 2.05) is 45.0 Å². The highest BCUT2D eigenvalue weighted by molar-refractivity contribution is 5.67. The molecule has 1 atom stereocenters. The molecule has 0 aliphatic rings. The van der Waals surface area contributed by atoms with Gasteiger partial charge in [0.25, 0.3) is 0 Å². The number of hydrogen-bond donors (Lipinski definition) is 2. The van der Waals surface area contributed by atoms with E-state index >= 15 is 0 Å². The van der Waals surface area contributed by atoms with Crippen LogP contribution >= 0.6 is 0 Å². The summed E-state index contributed by atoms with van der Waals surface area (Å²) in [6, 6.07) is 7.97. The lowest BCUT2D eigenvalue weighted by atomic mass is 9.81. The number of aliphatic carboxylic acids is 1. The summed E-state index contributed by atoms with van der Waals surface area (Å²) in [7, 11) is 0. The number of aryl methyl sites for hydroxylation is 1. The highest BCUT2D eigenvalue weighted by Gasteiger charge is 2.25. The molecule has 3 N–H and O–H groups in total. The van der Waals surface area contributed by atoms with Crippen molar-refractivity contribution in [3.8, 4) is 0 Å². The first kappa shape index (κ1) is 13.7. The smallest absolute Gasteiger partial charge is 0.303 e. The van der Waals surface area contributed by atoms with Crippen LogP contribution < -0.4 is 5.73 Å². The van der Waals surface area contributed by atoms with E-state index in [2.05, 4.69) is 0 Å². The predicted octanol–water partition coefficient (Wildman–Crippen LogP) is 2.89. The largest absolute Gasteiger partial charge is 0.481 e. The molecule has 0 heterocycles. The van der Waals surface area contributed by atoms with Crippen LogP contribution in [0.1, 0.15) is 43.9 Å². The lowest BCUT2D eigenvalue weighted by Crippen LogP contribution is -2.24. The molecule has 94 valence electrons. The van der Waals surface area contributed by atoms with Crippen LogP contribution in [0.4, 0.5) is 0 Å². The van der Waals surface area contributed by atoms with Crippen molar-refractivity contribution in [1.82, 2.24) is 0 Å². The lowest BCUT2D eigenvalue weighted by molar-refractivity contribution is -0.139. The third-order valence-corrected chi connectivity index (χ3v) is 2.91. The number of carbonyl (C=O) groups is 1. The Balaban J connectivity index is 2.68. The van der Waals surface area contributed by atoms with Crippen LogP contribution in [0.3, 0.4) is 0 Å². The van der Waals surface area contributed by atoms with Crippen molar-refractivity contribution in [2.45, 2.75) is 39.7 Å². The van der Waals surface area contributed by atoms with Crippen LogP contribution in [0.2, 0.25) is 0 Å². The van der Waals surface area contributed by atoms with Crippen molar-refractivity contribution < 1.29 is 9.90 Å². The van der Waals surface area contributed by atoms with Crippen LogP contribution in [-0.4, -0.2) is 11.1 Å². The number of carboxylic acids is 1. The molecule has 0 bridgehead atoms. The van der Waals surface area contributed by atoms with Gasteiger partial charge in [0, 0.05) is 6.04 Å². The highest BCUT2D eigenvalue weighted by Crippen LogP contribution is 2.31. The summed E-state index contributed by atoms with van der Waals surface area (Å²) in [5.41, 5.74) is 8.10. The van der Waals surface area contributed by atoms with Gasteiger partial charge in [-0.1, -0.05) is 43.7 Å². The molecule has 17 heavy (non-hydrogen) atoms. The second-order valence-electron chi connectivity index (χ2n) is 5.46. The normalized spacial score (nSPS) is 13.4. The van der Waals surface area contributed by atoms with E-state index in [4.69, 9.17) is 10.8 Å². The van der Waals surface area contributed by atoms with Gasteiger partial charge in [0.15, 0.2) is 0 Å². The fraction of sp³-hybridized carbons (Fsp3) is 0.500. The molecule has 0 spiro atoms. The first-order valence-electron chi connectivity index (χ1n) is 5.84. The molecular weight excluding hydrogens is 214 g/mol. The third kappa shape index (κ3) is 4.57. The maximum atomic E-state index is 10.7. The summed E-state index contributed by atoms with van der Waals surface area (Å²) in [5.74, 6) is -0.772. The number of hydrogen-bond acceptors (Lipinski definition) is 2. The quantitative estimate of drug-likeness (QED) is 0.824. The monoisotopic (exact) mass is 235 g/mol. The molecule has 3 heteroatoms. The van der Waals surface area contributed by atoms with Crippen LogP contribution in [0, 0.1) is 12.3 Å². The van der Waals surface area contributed by atoms with Gasteiger partial charge in [-0.25, -0.2) is 0 Å². The Labute approximate surface area is 103 Å². The van der Waals surface area contributed by atoms with E-state index in [0.29, 0.717) is 6.42 Å². The third-order valence-electron chi connectivity index (χ3n) is 2.91. The zero-order valence-corrected chi connectivity index (χ0v) is 10.7. The first-order chi connectivity index (χ1) is 7.80. The van der Waals surface area contributed by atoms with Crippen molar-refractivity contribution in [1.29, 1.82) is 0 Å². The van der Waals surface area contributed by atoms with Gasteiger partial charge >= 0.3 is 5.97 Å². The maximum absolute atomic E-state index is 10.7. The molecule has 0 aromatic heterocycles. The van der Waals surface area contributed by atoms with Gasteiger partial charge in [-0.05, 0) is 24.3 Å². The van der Waals surface area contributed by atoms with E-state index in [1.54, 1.807) is 0 Å². The minimum Gasteiger partial charge on any atom is -0.481 e. The lowest BCUT2D eigenvalue weighted by Gasteiger charge is -2.26. The fourth-order valence-corrected chi connectivity index (χ4v) is 2.01. The minimum absolute atomic E-state index is 0.107. The minimum atomic E-state index is -0.772. The molecular formula is C14H21NO2. The molecule has 0 saturated carbocycles. The van der Waals surface area contributed by atoms with E-state index in [9.17, 15) is 4.79 Å². The molecule has 1 unspecified atom stereocenters. The Bertz CT molecular complexity index is 382. The average molecular weight is 235 g/mol. The molecule has 0 amide bonds. The molecule has 0 radical (unpaired) electrons. The first-order valence-corrected chi connectivity index (χ1v) is 5.84. The van der Waals surface area contributed by atoms with Crippen molar-refractivity contribution in [3.05, 3.63) is 35.4 Å². The fourth-order valence-electron chi connectivity index (χ4n) is 2.01. The molecule has 3 nitrogen and oxygen atoms in total. The molecule has 1 rings (SSSR count). The second kappa shape index (κ2) is 5.32. The Hall–Kier alpha value is -1.35. The van der Waals surface area contributed by atoms with Crippen molar-refractivity contribution in [3.63, 3.8) is 0 Å². The average Bonchev–Trinajstić information content (AvgIpc) is 2.15. The Morgan fingerprint density at radius 2 is 1.88 bits per heavy atom. The Morgan fingerprint density at radius 3 is 2.35 bits per heavy atom. The van der Waals surface area contributed by atoms with Gasteiger partial charge in [-0.2, -0.15) is 0 Å². The summed E-state index contributed by atoms with van der Waals surface area (Å²) in [6.45, 7) is 5.91. The molecule has 1 aromatic carbocycles. The topological polar surface area (TPSA) is 63.3 Å². The maximum Gasteiger partial charge on any atom is 0.303 e. The van der Waals surface area contributed by atoms with Crippen molar-refractivity contribution in [2.75, 3.05) is 0 Å². The van der Waals surface area contributed by atoms with Gasteiger partial charge in [0.05, 0.1) is 6.42 Å². The number of benzene rings is 1. The van der Waals surface area contributed by atoms with E-state index in [1.165, 1.54) is 5.56 Å². The van der Waals surface area contributed by atoms with Gasteiger partial charge in [0.1, 0.15) is 0 Å². The van der Waals surface area contributed by atoms with Crippen LogP contribution in [0.15, 0.2) is 24.3 Å². The Kier molecular flexibility index (Phi) is 4.29. The molecule has 1 aromatic rings. The van der Waals surface area contributed by atoms with E-state index in [0.717, 1.165) is 5.56 Å². The molecule has 0 fully saturated rings. The van der Waals surface area contributed by atoms with Crippen molar-refractivity contribution >= 4 is 5.97 Å². The highest BCUT2D eigenvalue weighted by atomic mass is 16.4. The zero-order valence-electron chi connectivity index (χ0n) is 10.7. The summed E-state index contributed by atoms with van der Waals surface area (Å²) in [6.07, 6.45) is 0.814. The van der Waals surface area contributed by atoms with Crippen LogP contribution in [0.5, 0.6) is 0 Å². The second-order valence-corrected chi connectivity index (χ2v) is 5.46. The summed E-state index contributed by atoms with van der Waals surface area (Å²) >= 11 is 0. The molecule has 0 saturated heterocycles. The van der Waals surface area contributed by atoms with Gasteiger partial charge < -0.3 is 10.8 Å². The van der Waals surface area contributed by atoms with Crippen LogP contribution in [-0.2, 0) is 4.79 Å². The van der Waals surface area contributed by atoms with Gasteiger partial charge in [0.2, 0.25) is 0 Å². The van der Waals surface area contributed by atoms with E-state index < -0.39 is 5.97 Å². The zero-order chi connectivity index (χ0) is 13.1. The van der Waals surface area contributed by atoms with Crippen molar-refractivity contribution in [2.24, 2.45) is 11.1 Å². The summed E-state index contributed by atoms with van der Waals surface area (Å²) in [4.78, 5) is 10.7. The van der Waals surface area contributed by atoms with Crippen LogP contribution in [0.25, 0.3) is 0 Å². The standard InChI is InChI=1S/C14H21NO2/c1-10-4-6-11(7-5-10)12(15)8-14(2,3)9-13(16)17/h4-7,12H,8-9,15H2,1-3H3,(H,16,17).